The van der Waals surface area contributed by atoms with Crippen LogP contribution in [-0.2, 0) is 0 Å². The number of nitrogens with one attached hydrogen (secondary N) is 2. The number of anilines is 3. The minimum atomic E-state index is -0.271. The van der Waals surface area contributed by atoms with Crippen LogP contribution >= 0.6 is 11.6 Å². The fraction of sp³-hybridized carbons (Fsp3) is 0.100. The molecule has 0 radical (unpaired) electrons. The molecule has 0 aliphatic rings. The minimum Gasteiger partial charge on any atom is -0.494 e. The van der Waals surface area contributed by atoms with E-state index in [1.807, 2.05) is 31.2 Å². The van der Waals surface area contributed by atoms with Gasteiger partial charge in [0.25, 0.3) is 5.91 Å². The van der Waals surface area contributed by atoms with Gasteiger partial charge in [0.1, 0.15) is 11.4 Å². The Bertz CT molecular complexity index is 863. The van der Waals surface area contributed by atoms with Crippen molar-refractivity contribution in [2.75, 3.05) is 17.2 Å². The smallest absolute Gasteiger partial charge is 0.274 e. The highest BCUT2D eigenvalue weighted by Gasteiger charge is 2.08. The van der Waals surface area contributed by atoms with Crippen LogP contribution in [-0.4, -0.2) is 17.5 Å². The Hall–Kier alpha value is -3.05. The Kier molecular flexibility index (Phi) is 5.71. The predicted molar refractivity (Wildman–Crippen MR) is 105 cm³/mol. The number of aromatic nitrogens is 1. The van der Waals surface area contributed by atoms with Crippen molar-refractivity contribution in [3.63, 3.8) is 0 Å². The van der Waals surface area contributed by atoms with Crippen LogP contribution in [0.5, 0.6) is 5.75 Å². The fourth-order valence-electron chi connectivity index (χ4n) is 2.30. The summed E-state index contributed by atoms with van der Waals surface area (Å²) in [7, 11) is 0. The molecule has 0 aliphatic carbocycles. The average molecular weight is 368 g/mol. The largest absolute Gasteiger partial charge is 0.494 e. The predicted octanol–water partition coefficient (Wildman–Crippen LogP) is 5.13. The van der Waals surface area contributed by atoms with Crippen LogP contribution in [0.2, 0.25) is 5.02 Å². The lowest BCUT2D eigenvalue weighted by atomic mass is 10.2. The lowest BCUT2D eigenvalue weighted by molar-refractivity contribution is 0.102. The number of benzene rings is 2. The van der Waals surface area contributed by atoms with Crippen LogP contribution < -0.4 is 15.4 Å². The second-order valence-electron chi connectivity index (χ2n) is 5.48. The Labute approximate surface area is 157 Å². The molecule has 2 aromatic carbocycles. The van der Waals surface area contributed by atoms with Gasteiger partial charge in [0, 0.05) is 16.4 Å². The summed E-state index contributed by atoms with van der Waals surface area (Å²) in [6.45, 7) is 2.53. The van der Waals surface area contributed by atoms with Crippen molar-refractivity contribution < 1.29 is 9.53 Å². The molecule has 3 aromatic rings. The Balaban J connectivity index is 1.62. The summed E-state index contributed by atoms with van der Waals surface area (Å²) in [5.74, 6) is 0.494. The van der Waals surface area contributed by atoms with E-state index in [1.54, 1.807) is 42.6 Å². The van der Waals surface area contributed by atoms with Crippen LogP contribution in [0.15, 0.2) is 66.9 Å². The summed E-state index contributed by atoms with van der Waals surface area (Å²) >= 11 is 5.87. The van der Waals surface area contributed by atoms with E-state index in [-0.39, 0.29) is 5.91 Å². The van der Waals surface area contributed by atoms with E-state index in [0.717, 1.165) is 17.1 Å². The molecule has 3 rings (SSSR count). The maximum Gasteiger partial charge on any atom is 0.274 e. The molecule has 1 amide bonds. The summed E-state index contributed by atoms with van der Waals surface area (Å²) in [5, 5.41) is 6.69. The molecule has 5 nitrogen and oxygen atoms in total. The van der Waals surface area contributed by atoms with Gasteiger partial charge in [-0.1, -0.05) is 11.6 Å². The number of ether oxygens (including phenoxy) is 1. The molecular weight excluding hydrogens is 350 g/mol. The molecule has 0 spiro atoms. The van der Waals surface area contributed by atoms with Gasteiger partial charge in [-0.2, -0.15) is 0 Å². The number of pyridine rings is 1. The number of rotatable bonds is 6. The van der Waals surface area contributed by atoms with Crippen molar-refractivity contribution in [3.8, 4) is 5.75 Å². The second kappa shape index (κ2) is 8.36. The third-order valence-electron chi connectivity index (χ3n) is 3.55. The minimum absolute atomic E-state index is 0.271. The molecule has 6 heteroatoms. The molecule has 132 valence electrons. The van der Waals surface area contributed by atoms with Crippen LogP contribution in [0.3, 0.4) is 0 Å². The summed E-state index contributed by atoms with van der Waals surface area (Å²) in [5.41, 5.74) is 2.69. The first-order valence-corrected chi connectivity index (χ1v) is 8.54. The molecule has 0 atom stereocenters. The zero-order valence-corrected chi connectivity index (χ0v) is 15.0. The van der Waals surface area contributed by atoms with Crippen molar-refractivity contribution in [1.29, 1.82) is 0 Å². The third-order valence-corrected chi connectivity index (χ3v) is 3.80. The lowest BCUT2D eigenvalue weighted by Crippen LogP contribution is -2.13. The fourth-order valence-corrected chi connectivity index (χ4v) is 2.42. The molecule has 0 saturated heterocycles. The lowest BCUT2D eigenvalue weighted by Gasteiger charge is -2.08. The van der Waals surface area contributed by atoms with E-state index in [0.29, 0.717) is 23.0 Å². The number of carbonyl (C=O) groups is 1. The molecular formula is C20H18ClN3O2. The number of amides is 1. The highest BCUT2D eigenvalue weighted by atomic mass is 35.5. The molecule has 0 saturated carbocycles. The van der Waals surface area contributed by atoms with Crippen LogP contribution in [0.1, 0.15) is 17.4 Å². The normalized spacial score (nSPS) is 10.2. The van der Waals surface area contributed by atoms with Gasteiger partial charge in [0.05, 0.1) is 18.5 Å². The summed E-state index contributed by atoms with van der Waals surface area (Å²) < 4.78 is 5.38. The summed E-state index contributed by atoms with van der Waals surface area (Å²) in [6.07, 6.45) is 1.61. The topological polar surface area (TPSA) is 63.2 Å². The summed E-state index contributed by atoms with van der Waals surface area (Å²) in [4.78, 5) is 16.5. The first kappa shape index (κ1) is 17.8. The van der Waals surface area contributed by atoms with Gasteiger partial charge in [-0.15, -0.1) is 0 Å². The standard InChI is InChI=1S/C20H18ClN3O2/c1-2-26-18-10-7-16(8-11-18)24-20(25)19-12-9-17(13-22-19)23-15-5-3-14(21)4-6-15/h3-13,23H,2H2,1H3,(H,24,25). The maximum absolute atomic E-state index is 12.3. The first-order chi connectivity index (χ1) is 12.6. The van der Waals surface area contributed by atoms with E-state index < -0.39 is 0 Å². The monoisotopic (exact) mass is 367 g/mol. The van der Waals surface area contributed by atoms with Gasteiger partial charge in [0.15, 0.2) is 0 Å². The maximum atomic E-state index is 12.3. The van der Waals surface area contributed by atoms with Gasteiger partial charge in [0.2, 0.25) is 0 Å². The molecule has 0 bridgehead atoms. The summed E-state index contributed by atoms with van der Waals surface area (Å²) in [6, 6.07) is 18.0. The molecule has 2 N–H and O–H groups in total. The second-order valence-corrected chi connectivity index (χ2v) is 5.91. The number of hydrogen-bond acceptors (Lipinski definition) is 4. The quantitative estimate of drug-likeness (QED) is 0.634. The van der Waals surface area contributed by atoms with Crippen molar-refractivity contribution >= 4 is 34.6 Å². The third kappa shape index (κ3) is 4.74. The van der Waals surface area contributed by atoms with E-state index >= 15 is 0 Å². The molecule has 1 aromatic heterocycles. The Morgan fingerprint density at radius 2 is 1.62 bits per heavy atom. The number of carbonyl (C=O) groups excluding carboxylic acids is 1. The number of nitrogens with zero attached hydrogens (tertiary/aromatic N) is 1. The van der Waals surface area contributed by atoms with Gasteiger partial charge < -0.3 is 15.4 Å². The zero-order chi connectivity index (χ0) is 18.4. The van der Waals surface area contributed by atoms with E-state index in [1.165, 1.54) is 0 Å². The van der Waals surface area contributed by atoms with E-state index in [4.69, 9.17) is 16.3 Å². The first-order valence-electron chi connectivity index (χ1n) is 8.17. The van der Waals surface area contributed by atoms with Crippen molar-refractivity contribution in [1.82, 2.24) is 4.98 Å². The van der Waals surface area contributed by atoms with E-state index in [9.17, 15) is 4.79 Å². The SMILES string of the molecule is CCOc1ccc(NC(=O)c2ccc(Nc3ccc(Cl)cc3)cn2)cc1. The highest BCUT2D eigenvalue weighted by molar-refractivity contribution is 6.30. The average Bonchev–Trinajstić information content (AvgIpc) is 2.66. The molecule has 0 fully saturated rings. The molecule has 0 aliphatic heterocycles. The Morgan fingerprint density at radius 3 is 2.23 bits per heavy atom. The number of halogens is 1. The van der Waals surface area contributed by atoms with Gasteiger partial charge in [-0.3, -0.25) is 4.79 Å². The van der Waals surface area contributed by atoms with Crippen LogP contribution in [0.4, 0.5) is 17.1 Å². The van der Waals surface area contributed by atoms with Crippen molar-refractivity contribution in [2.24, 2.45) is 0 Å². The Morgan fingerprint density at radius 1 is 0.962 bits per heavy atom. The van der Waals surface area contributed by atoms with Gasteiger partial charge in [-0.25, -0.2) is 4.98 Å². The molecule has 1 heterocycles. The van der Waals surface area contributed by atoms with Crippen LogP contribution in [0, 0.1) is 0 Å². The molecule has 0 unspecified atom stereocenters. The van der Waals surface area contributed by atoms with Crippen molar-refractivity contribution in [2.45, 2.75) is 6.92 Å². The highest BCUT2D eigenvalue weighted by Crippen LogP contribution is 2.19. The van der Waals surface area contributed by atoms with Crippen LogP contribution in [0.25, 0.3) is 0 Å². The van der Waals surface area contributed by atoms with Crippen molar-refractivity contribution in [3.05, 3.63) is 77.6 Å². The van der Waals surface area contributed by atoms with E-state index in [2.05, 4.69) is 15.6 Å². The zero-order valence-electron chi connectivity index (χ0n) is 14.2. The molecule has 26 heavy (non-hydrogen) atoms. The van der Waals surface area contributed by atoms with Gasteiger partial charge in [-0.05, 0) is 67.6 Å². The number of hydrogen-bond donors (Lipinski definition) is 2. The van der Waals surface area contributed by atoms with Gasteiger partial charge >= 0.3 is 0 Å².